The maximum atomic E-state index is 13.5. The van der Waals surface area contributed by atoms with Crippen molar-refractivity contribution in [2.24, 2.45) is 0 Å². The minimum absolute atomic E-state index is 0.0767. The Hall–Kier alpha value is -2.43. The maximum absolute atomic E-state index is 13.5. The third-order valence-electron chi connectivity index (χ3n) is 3.10. The molecule has 0 saturated carbocycles. The Kier molecular flexibility index (Phi) is 5.47. The summed E-state index contributed by atoms with van der Waals surface area (Å²) in [5.41, 5.74) is 1.86. The quantitative estimate of drug-likeness (QED) is 0.862. The number of halogens is 1. The first-order chi connectivity index (χ1) is 10.6. The van der Waals surface area contributed by atoms with Crippen LogP contribution in [0.15, 0.2) is 42.6 Å². The van der Waals surface area contributed by atoms with Crippen LogP contribution in [0.4, 0.5) is 10.1 Å². The Labute approximate surface area is 129 Å². The van der Waals surface area contributed by atoms with Gasteiger partial charge < -0.3 is 10.6 Å². The van der Waals surface area contributed by atoms with Crippen LogP contribution in [0, 0.1) is 5.82 Å². The van der Waals surface area contributed by atoms with Gasteiger partial charge in [-0.1, -0.05) is 18.2 Å². The summed E-state index contributed by atoms with van der Waals surface area (Å²) in [6.07, 6.45) is 2.19. The molecule has 0 spiro atoms. The molecule has 116 valence electrons. The SMILES string of the molecule is CC(C)NC(=O)c1ccc(NCCc2ccccc2F)cn1. The molecule has 0 aliphatic carbocycles. The molecule has 2 rings (SSSR count). The van der Waals surface area contributed by atoms with E-state index < -0.39 is 0 Å². The molecule has 0 atom stereocenters. The van der Waals surface area contributed by atoms with Crippen molar-refractivity contribution in [2.75, 3.05) is 11.9 Å². The Balaban J connectivity index is 1.87. The number of pyridine rings is 1. The molecule has 5 heteroatoms. The van der Waals surface area contributed by atoms with E-state index in [2.05, 4.69) is 15.6 Å². The summed E-state index contributed by atoms with van der Waals surface area (Å²) in [5.74, 6) is -0.379. The molecule has 0 aliphatic rings. The Morgan fingerprint density at radius 3 is 2.64 bits per heavy atom. The largest absolute Gasteiger partial charge is 0.383 e. The van der Waals surface area contributed by atoms with Gasteiger partial charge >= 0.3 is 0 Å². The Morgan fingerprint density at radius 1 is 1.23 bits per heavy atom. The molecule has 1 aromatic heterocycles. The highest BCUT2D eigenvalue weighted by molar-refractivity contribution is 5.92. The Morgan fingerprint density at radius 2 is 2.00 bits per heavy atom. The van der Waals surface area contributed by atoms with Gasteiger partial charge in [-0.05, 0) is 44.0 Å². The van der Waals surface area contributed by atoms with Gasteiger partial charge in [0.15, 0.2) is 0 Å². The van der Waals surface area contributed by atoms with Crippen LogP contribution in [-0.2, 0) is 6.42 Å². The molecule has 0 saturated heterocycles. The molecule has 2 N–H and O–H groups in total. The number of anilines is 1. The van der Waals surface area contributed by atoms with E-state index in [-0.39, 0.29) is 17.8 Å². The van der Waals surface area contributed by atoms with Crippen LogP contribution in [0.5, 0.6) is 0 Å². The van der Waals surface area contributed by atoms with Crippen LogP contribution in [0.25, 0.3) is 0 Å². The molecule has 4 nitrogen and oxygen atoms in total. The first kappa shape index (κ1) is 15.9. The lowest BCUT2D eigenvalue weighted by molar-refractivity contribution is 0.0938. The number of hydrogen-bond donors (Lipinski definition) is 2. The van der Waals surface area contributed by atoms with Gasteiger partial charge in [0.1, 0.15) is 11.5 Å². The van der Waals surface area contributed by atoms with E-state index in [0.29, 0.717) is 24.2 Å². The number of benzene rings is 1. The number of nitrogens with zero attached hydrogens (tertiary/aromatic N) is 1. The van der Waals surface area contributed by atoms with Gasteiger partial charge in [0.05, 0.1) is 11.9 Å². The molecular weight excluding hydrogens is 281 g/mol. The summed E-state index contributed by atoms with van der Waals surface area (Å²) < 4.78 is 13.5. The molecule has 0 unspecified atom stereocenters. The smallest absolute Gasteiger partial charge is 0.270 e. The lowest BCUT2D eigenvalue weighted by Gasteiger charge is -2.09. The van der Waals surface area contributed by atoms with Gasteiger partial charge in [0.2, 0.25) is 0 Å². The third kappa shape index (κ3) is 4.55. The van der Waals surface area contributed by atoms with Gasteiger partial charge in [-0.2, -0.15) is 0 Å². The van der Waals surface area contributed by atoms with Crippen molar-refractivity contribution in [3.63, 3.8) is 0 Å². The fourth-order valence-corrected chi connectivity index (χ4v) is 2.01. The molecule has 0 fully saturated rings. The average molecular weight is 301 g/mol. The van der Waals surface area contributed by atoms with Crippen LogP contribution in [0.2, 0.25) is 0 Å². The van der Waals surface area contributed by atoms with Gasteiger partial charge in [-0.15, -0.1) is 0 Å². The van der Waals surface area contributed by atoms with Gasteiger partial charge in [0, 0.05) is 12.6 Å². The van der Waals surface area contributed by atoms with Crippen molar-refractivity contribution in [3.05, 3.63) is 59.7 Å². The molecule has 1 heterocycles. The van der Waals surface area contributed by atoms with Crippen LogP contribution in [0.3, 0.4) is 0 Å². The number of carbonyl (C=O) groups excluding carboxylic acids is 1. The zero-order valence-electron chi connectivity index (χ0n) is 12.8. The molecular formula is C17H20FN3O. The van der Waals surface area contributed by atoms with E-state index in [9.17, 15) is 9.18 Å². The van der Waals surface area contributed by atoms with E-state index >= 15 is 0 Å². The summed E-state index contributed by atoms with van der Waals surface area (Å²) in [5, 5.41) is 5.95. The average Bonchev–Trinajstić information content (AvgIpc) is 2.49. The summed E-state index contributed by atoms with van der Waals surface area (Å²) in [7, 11) is 0. The minimum atomic E-state index is -0.192. The highest BCUT2D eigenvalue weighted by Gasteiger charge is 2.08. The van der Waals surface area contributed by atoms with Gasteiger partial charge in [-0.3, -0.25) is 4.79 Å². The monoisotopic (exact) mass is 301 g/mol. The minimum Gasteiger partial charge on any atom is -0.383 e. The number of amides is 1. The van der Waals surface area contributed by atoms with Gasteiger partial charge in [0.25, 0.3) is 5.91 Å². The van der Waals surface area contributed by atoms with Crippen molar-refractivity contribution in [1.29, 1.82) is 0 Å². The third-order valence-corrected chi connectivity index (χ3v) is 3.10. The fourth-order valence-electron chi connectivity index (χ4n) is 2.01. The second-order valence-electron chi connectivity index (χ2n) is 5.33. The topological polar surface area (TPSA) is 54.0 Å². The fraction of sp³-hybridized carbons (Fsp3) is 0.294. The predicted octanol–water partition coefficient (Wildman–Crippen LogP) is 3.01. The van der Waals surface area contributed by atoms with Crippen LogP contribution in [0.1, 0.15) is 29.9 Å². The zero-order chi connectivity index (χ0) is 15.9. The molecule has 0 aliphatic heterocycles. The standard InChI is InChI=1S/C17H20FN3O/c1-12(2)21-17(22)16-8-7-14(11-20-16)19-10-9-13-5-3-4-6-15(13)18/h3-8,11-12,19H,9-10H2,1-2H3,(H,21,22). The lowest BCUT2D eigenvalue weighted by atomic mass is 10.1. The second kappa shape index (κ2) is 7.54. The van der Waals surface area contributed by atoms with Crippen molar-refractivity contribution in [1.82, 2.24) is 10.3 Å². The van der Waals surface area contributed by atoms with Crippen LogP contribution in [-0.4, -0.2) is 23.5 Å². The van der Waals surface area contributed by atoms with Crippen LogP contribution >= 0.6 is 0 Å². The maximum Gasteiger partial charge on any atom is 0.270 e. The zero-order valence-corrected chi connectivity index (χ0v) is 12.8. The van der Waals surface area contributed by atoms with Crippen LogP contribution < -0.4 is 10.6 Å². The summed E-state index contributed by atoms with van der Waals surface area (Å²) in [6.45, 7) is 4.40. The number of aromatic nitrogens is 1. The molecule has 0 bridgehead atoms. The van der Waals surface area contributed by atoms with E-state index in [4.69, 9.17) is 0 Å². The van der Waals surface area contributed by atoms with Crippen molar-refractivity contribution >= 4 is 11.6 Å². The van der Waals surface area contributed by atoms with E-state index in [0.717, 1.165) is 5.69 Å². The van der Waals surface area contributed by atoms with E-state index in [1.54, 1.807) is 30.5 Å². The number of carbonyl (C=O) groups is 1. The van der Waals surface area contributed by atoms with Crippen molar-refractivity contribution in [3.8, 4) is 0 Å². The lowest BCUT2D eigenvalue weighted by Crippen LogP contribution is -2.30. The molecule has 1 amide bonds. The van der Waals surface area contributed by atoms with E-state index in [1.165, 1.54) is 6.07 Å². The Bertz CT molecular complexity index is 626. The molecule has 0 radical (unpaired) electrons. The predicted molar refractivity (Wildman–Crippen MR) is 85.4 cm³/mol. The highest BCUT2D eigenvalue weighted by atomic mass is 19.1. The highest BCUT2D eigenvalue weighted by Crippen LogP contribution is 2.09. The second-order valence-corrected chi connectivity index (χ2v) is 5.33. The first-order valence-electron chi connectivity index (χ1n) is 7.30. The molecule has 1 aromatic carbocycles. The first-order valence-corrected chi connectivity index (χ1v) is 7.30. The normalized spacial score (nSPS) is 10.5. The van der Waals surface area contributed by atoms with Crippen molar-refractivity contribution < 1.29 is 9.18 Å². The molecule has 2 aromatic rings. The summed E-state index contributed by atoms with van der Waals surface area (Å²) in [6, 6.07) is 10.3. The van der Waals surface area contributed by atoms with Gasteiger partial charge in [-0.25, -0.2) is 9.37 Å². The van der Waals surface area contributed by atoms with E-state index in [1.807, 2.05) is 19.9 Å². The van der Waals surface area contributed by atoms with Crippen molar-refractivity contribution in [2.45, 2.75) is 26.3 Å². The number of rotatable bonds is 6. The molecule has 22 heavy (non-hydrogen) atoms. The summed E-state index contributed by atoms with van der Waals surface area (Å²) >= 11 is 0. The number of nitrogens with one attached hydrogen (secondary N) is 2. The number of hydrogen-bond acceptors (Lipinski definition) is 3. The summed E-state index contributed by atoms with van der Waals surface area (Å²) in [4.78, 5) is 15.9.